The van der Waals surface area contributed by atoms with Crippen molar-refractivity contribution in [2.45, 2.75) is 32.4 Å². The van der Waals surface area contributed by atoms with Crippen LogP contribution < -0.4 is 10.6 Å². The maximum atomic E-state index is 13.3. The van der Waals surface area contributed by atoms with Gasteiger partial charge in [0, 0.05) is 19.6 Å². The monoisotopic (exact) mass is 469 g/mol. The summed E-state index contributed by atoms with van der Waals surface area (Å²) in [5, 5.41) is 7.05. The minimum Gasteiger partial charge on any atom is -0.363 e. The van der Waals surface area contributed by atoms with Crippen LogP contribution in [-0.4, -0.2) is 42.0 Å². The molecule has 0 spiro atoms. The second kappa shape index (κ2) is 9.85. The summed E-state index contributed by atoms with van der Waals surface area (Å²) in [6, 6.07) is 5.23. The molecule has 1 aromatic carbocycles. The van der Waals surface area contributed by atoms with Crippen LogP contribution in [0.5, 0.6) is 0 Å². The molecule has 2 N–H and O–H groups in total. The molecule has 1 atom stereocenters. The van der Waals surface area contributed by atoms with Crippen LogP contribution in [0.4, 0.5) is 24.9 Å². The summed E-state index contributed by atoms with van der Waals surface area (Å²) in [4.78, 5) is 13.0. The van der Waals surface area contributed by atoms with E-state index in [-0.39, 0.29) is 23.2 Å². The van der Waals surface area contributed by atoms with E-state index in [9.17, 15) is 13.2 Å². The maximum absolute atomic E-state index is 13.3. The van der Waals surface area contributed by atoms with Crippen LogP contribution in [0.1, 0.15) is 29.7 Å². The summed E-state index contributed by atoms with van der Waals surface area (Å²) >= 11 is 6.05. The van der Waals surface area contributed by atoms with Gasteiger partial charge in [-0.1, -0.05) is 23.7 Å². The van der Waals surface area contributed by atoms with Crippen LogP contribution in [0.2, 0.25) is 5.15 Å². The van der Waals surface area contributed by atoms with Gasteiger partial charge in [-0.25, -0.2) is 9.97 Å². The van der Waals surface area contributed by atoms with Crippen LogP contribution in [0, 0.1) is 6.92 Å². The van der Waals surface area contributed by atoms with Crippen molar-refractivity contribution in [1.82, 2.24) is 15.0 Å². The van der Waals surface area contributed by atoms with E-state index in [4.69, 9.17) is 21.1 Å². The molecule has 2 heterocycles. The number of alkyl halides is 3. The lowest BCUT2D eigenvalue weighted by molar-refractivity contribution is -0.138. The van der Waals surface area contributed by atoms with Gasteiger partial charge < -0.3 is 20.1 Å². The number of aromatic nitrogens is 3. The molecule has 0 aliphatic heterocycles. The molecule has 0 aliphatic carbocycles. The van der Waals surface area contributed by atoms with Crippen molar-refractivity contribution in [3.63, 3.8) is 0 Å². The van der Waals surface area contributed by atoms with E-state index in [1.165, 1.54) is 33.4 Å². The molecule has 0 radical (unpaired) electrons. The normalized spacial score (nSPS) is 12.9. The fourth-order valence-corrected chi connectivity index (χ4v) is 3.50. The molecule has 0 bridgehead atoms. The molecular formula is C21H23ClF3N5O2. The lowest BCUT2D eigenvalue weighted by atomic mass is 9.97. The van der Waals surface area contributed by atoms with Crippen molar-refractivity contribution in [3.05, 3.63) is 52.3 Å². The number of hydrogen-bond acceptors (Lipinski definition) is 7. The number of hydrogen-bond donors (Lipinski definition) is 2. The molecule has 172 valence electrons. The molecule has 0 unspecified atom stereocenters. The Hall–Kier alpha value is -2.69. The van der Waals surface area contributed by atoms with E-state index >= 15 is 0 Å². The molecule has 2 aromatic heterocycles. The molecule has 0 aliphatic rings. The topological polar surface area (TPSA) is 81.2 Å². The van der Waals surface area contributed by atoms with Crippen molar-refractivity contribution < 1.29 is 22.6 Å². The van der Waals surface area contributed by atoms with Crippen molar-refractivity contribution >= 4 is 34.3 Å². The van der Waals surface area contributed by atoms with E-state index in [0.717, 1.165) is 6.07 Å². The average Bonchev–Trinajstić information content (AvgIpc) is 2.74. The van der Waals surface area contributed by atoms with Gasteiger partial charge in [-0.05, 0) is 37.1 Å². The van der Waals surface area contributed by atoms with Crippen LogP contribution in [0.15, 0.2) is 30.5 Å². The van der Waals surface area contributed by atoms with E-state index in [1.807, 2.05) is 0 Å². The standard InChI is InChI=1S/C21H23ClF3N5O2/c1-11-13(6-5-7-15(11)21(23,24)25)12(2)28-19-14-8-17(22)26-9-16(14)29-20(30-19)27-10-18(31-3)32-4/h5-9,12,18H,10H2,1-4H3,(H2,27,28,29,30)/t12-/m1/s1. The quantitative estimate of drug-likeness (QED) is 0.346. The SMILES string of the molecule is COC(CNc1nc(N[C@H](C)c2cccc(C(F)(F)F)c2C)c2cc(Cl)ncc2n1)OC. The van der Waals surface area contributed by atoms with Crippen molar-refractivity contribution in [2.24, 2.45) is 0 Å². The predicted molar refractivity (Wildman–Crippen MR) is 117 cm³/mol. The van der Waals surface area contributed by atoms with E-state index in [2.05, 4.69) is 25.6 Å². The summed E-state index contributed by atoms with van der Waals surface area (Å²) in [6.07, 6.45) is -3.45. The van der Waals surface area contributed by atoms with Gasteiger partial charge in [0.25, 0.3) is 0 Å². The Bertz CT molecular complexity index is 1090. The fraction of sp³-hybridized carbons (Fsp3) is 0.381. The highest BCUT2D eigenvalue weighted by Gasteiger charge is 2.33. The first-order chi connectivity index (χ1) is 15.1. The minimum absolute atomic E-state index is 0.152. The first kappa shape index (κ1) is 24.0. The van der Waals surface area contributed by atoms with Crippen LogP contribution in [0.3, 0.4) is 0 Å². The number of halogens is 4. The van der Waals surface area contributed by atoms with Gasteiger partial charge in [0.1, 0.15) is 11.0 Å². The van der Waals surface area contributed by atoms with Gasteiger partial charge in [-0.15, -0.1) is 0 Å². The number of ether oxygens (including phenoxy) is 2. The van der Waals surface area contributed by atoms with Crippen molar-refractivity contribution in [2.75, 3.05) is 31.4 Å². The number of pyridine rings is 1. The van der Waals surface area contributed by atoms with Gasteiger partial charge in [0.15, 0.2) is 6.29 Å². The molecule has 3 aromatic rings. The Kier molecular flexibility index (Phi) is 7.37. The Morgan fingerprint density at radius 3 is 2.53 bits per heavy atom. The Balaban J connectivity index is 1.97. The first-order valence-corrected chi connectivity index (χ1v) is 10.1. The highest BCUT2D eigenvalue weighted by molar-refractivity contribution is 6.30. The van der Waals surface area contributed by atoms with Gasteiger partial charge in [0.05, 0.1) is 29.9 Å². The second-order valence-electron chi connectivity index (χ2n) is 7.09. The lowest BCUT2D eigenvalue weighted by Crippen LogP contribution is -2.24. The summed E-state index contributed by atoms with van der Waals surface area (Å²) in [7, 11) is 3.02. The number of benzene rings is 1. The van der Waals surface area contributed by atoms with Crippen molar-refractivity contribution in [3.8, 4) is 0 Å². The molecule has 0 fully saturated rings. The minimum atomic E-state index is -4.43. The number of methoxy groups -OCH3 is 2. The fourth-order valence-electron chi connectivity index (χ4n) is 3.35. The summed E-state index contributed by atoms with van der Waals surface area (Å²) in [5.74, 6) is 0.675. The van der Waals surface area contributed by atoms with Gasteiger partial charge in [-0.3, -0.25) is 0 Å². The smallest absolute Gasteiger partial charge is 0.363 e. The molecule has 32 heavy (non-hydrogen) atoms. The third-order valence-corrected chi connectivity index (χ3v) is 5.21. The Labute approximate surface area is 188 Å². The number of nitrogens with one attached hydrogen (secondary N) is 2. The number of nitrogens with zero attached hydrogens (tertiary/aromatic N) is 3. The molecule has 0 saturated heterocycles. The molecular weight excluding hydrogens is 447 g/mol. The Morgan fingerprint density at radius 2 is 1.88 bits per heavy atom. The molecule has 11 heteroatoms. The summed E-state index contributed by atoms with van der Waals surface area (Å²) in [5.41, 5.74) is 0.490. The van der Waals surface area contributed by atoms with Crippen LogP contribution in [0.25, 0.3) is 10.9 Å². The zero-order valence-electron chi connectivity index (χ0n) is 17.9. The van der Waals surface area contributed by atoms with E-state index in [0.29, 0.717) is 22.3 Å². The van der Waals surface area contributed by atoms with E-state index in [1.54, 1.807) is 19.1 Å². The number of rotatable bonds is 8. The molecule has 3 rings (SSSR count). The summed E-state index contributed by atoms with van der Waals surface area (Å²) < 4.78 is 50.3. The molecule has 0 saturated carbocycles. The maximum Gasteiger partial charge on any atom is 0.416 e. The predicted octanol–water partition coefficient (Wildman–Crippen LogP) is 5.21. The van der Waals surface area contributed by atoms with Gasteiger partial charge in [0.2, 0.25) is 5.95 Å². The third kappa shape index (κ3) is 5.37. The van der Waals surface area contributed by atoms with Crippen LogP contribution in [-0.2, 0) is 15.7 Å². The third-order valence-electron chi connectivity index (χ3n) is 5.00. The average molecular weight is 470 g/mol. The highest BCUT2D eigenvalue weighted by atomic mass is 35.5. The largest absolute Gasteiger partial charge is 0.416 e. The first-order valence-electron chi connectivity index (χ1n) is 9.70. The van der Waals surface area contributed by atoms with Gasteiger partial charge in [-0.2, -0.15) is 18.2 Å². The van der Waals surface area contributed by atoms with Crippen LogP contribution >= 0.6 is 11.6 Å². The molecule has 0 amide bonds. The van der Waals surface area contributed by atoms with E-state index < -0.39 is 24.1 Å². The van der Waals surface area contributed by atoms with Crippen molar-refractivity contribution in [1.29, 1.82) is 0 Å². The lowest BCUT2D eigenvalue weighted by Gasteiger charge is -2.21. The van der Waals surface area contributed by atoms with Gasteiger partial charge >= 0.3 is 6.18 Å². The zero-order chi connectivity index (χ0) is 23.5. The number of fused-ring (bicyclic) bond motifs is 1. The molecule has 7 nitrogen and oxygen atoms in total. The zero-order valence-corrected chi connectivity index (χ0v) is 18.7. The summed E-state index contributed by atoms with van der Waals surface area (Å²) in [6.45, 7) is 3.50. The second-order valence-corrected chi connectivity index (χ2v) is 7.47. The Morgan fingerprint density at radius 1 is 1.16 bits per heavy atom. The number of anilines is 2. The highest BCUT2D eigenvalue weighted by Crippen LogP contribution is 2.35.